The first-order valence-corrected chi connectivity index (χ1v) is 7.31. The minimum absolute atomic E-state index is 0.559. The van der Waals surface area contributed by atoms with Gasteiger partial charge in [-0.05, 0) is 38.5 Å². The Labute approximate surface area is 110 Å². The van der Waals surface area contributed by atoms with E-state index in [4.69, 9.17) is 0 Å². The Bertz CT molecular complexity index is 370. The molecule has 1 N–H and O–H groups in total. The maximum Gasteiger partial charge on any atom is 0.147 e. The predicted octanol–water partition coefficient (Wildman–Crippen LogP) is 2.53. The second-order valence-electron chi connectivity index (χ2n) is 5.89. The van der Waals surface area contributed by atoms with Gasteiger partial charge in [-0.1, -0.05) is 13.8 Å². The summed E-state index contributed by atoms with van der Waals surface area (Å²) in [5.41, 5.74) is 0. The number of nitrogens with zero attached hydrogens (tertiary/aromatic N) is 3. The standard InChI is InChI=1S/C14H26N4/c1-11(2)7-8-12(3)15-10-14-17-16-13-6-4-5-9-18(13)14/h11-12,15H,4-10H2,1-3H3. The van der Waals surface area contributed by atoms with E-state index in [-0.39, 0.29) is 0 Å². The second-order valence-corrected chi connectivity index (χ2v) is 5.89. The van der Waals surface area contributed by atoms with Gasteiger partial charge in [0.05, 0.1) is 6.54 Å². The predicted molar refractivity (Wildman–Crippen MR) is 73.3 cm³/mol. The van der Waals surface area contributed by atoms with E-state index >= 15 is 0 Å². The molecule has 0 aromatic carbocycles. The Balaban J connectivity index is 1.81. The van der Waals surface area contributed by atoms with Gasteiger partial charge in [-0.2, -0.15) is 0 Å². The molecule has 2 heterocycles. The highest BCUT2D eigenvalue weighted by Crippen LogP contribution is 2.14. The van der Waals surface area contributed by atoms with Gasteiger partial charge in [0.15, 0.2) is 0 Å². The lowest BCUT2D eigenvalue weighted by molar-refractivity contribution is 0.434. The molecular weight excluding hydrogens is 224 g/mol. The molecule has 4 nitrogen and oxygen atoms in total. The average molecular weight is 250 g/mol. The molecular formula is C14H26N4. The van der Waals surface area contributed by atoms with Gasteiger partial charge in [-0.15, -0.1) is 10.2 Å². The van der Waals surface area contributed by atoms with E-state index in [0.29, 0.717) is 6.04 Å². The molecule has 0 amide bonds. The van der Waals surface area contributed by atoms with Crippen molar-refractivity contribution in [3.05, 3.63) is 11.6 Å². The summed E-state index contributed by atoms with van der Waals surface area (Å²) in [6, 6.07) is 0.559. The fourth-order valence-corrected chi connectivity index (χ4v) is 2.45. The summed E-state index contributed by atoms with van der Waals surface area (Å²) in [5, 5.41) is 12.2. The first kappa shape index (κ1) is 13.5. The topological polar surface area (TPSA) is 42.7 Å². The SMILES string of the molecule is CC(C)CCC(C)NCc1nnc2n1CCCC2. The van der Waals surface area contributed by atoms with Gasteiger partial charge < -0.3 is 9.88 Å². The molecule has 0 aliphatic carbocycles. The molecule has 4 heteroatoms. The van der Waals surface area contributed by atoms with Crippen LogP contribution in [-0.2, 0) is 19.5 Å². The van der Waals surface area contributed by atoms with E-state index in [1.807, 2.05) is 0 Å². The van der Waals surface area contributed by atoms with Crippen molar-refractivity contribution in [2.45, 2.75) is 72.0 Å². The van der Waals surface area contributed by atoms with E-state index in [1.54, 1.807) is 0 Å². The number of nitrogens with one attached hydrogen (secondary N) is 1. The highest BCUT2D eigenvalue weighted by Gasteiger charge is 2.15. The van der Waals surface area contributed by atoms with Crippen LogP contribution in [-0.4, -0.2) is 20.8 Å². The normalized spacial score (nSPS) is 16.9. The summed E-state index contributed by atoms with van der Waals surface area (Å²) >= 11 is 0. The molecule has 1 aliphatic heterocycles. The van der Waals surface area contributed by atoms with Crippen molar-refractivity contribution < 1.29 is 0 Å². The third-order valence-electron chi connectivity index (χ3n) is 3.72. The molecule has 1 atom stereocenters. The summed E-state index contributed by atoms with van der Waals surface area (Å²) in [5.74, 6) is 3.07. The molecule has 1 aromatic heterocycles. The maximum atomic E-state index is 4.32. The molecule has 102 valence electrons. The summed E-state index contributed by atoms with van der Waals surface area (Å²) in [6.07, 6.45) is 6.14. The van der Waals surface area contributed by atoms with Crippen LogP contribution in [0.4, 0.5) is 0 Å². The molecule has 2 rings (SSSR count). The van der Waals surface area contributed by atoms with E-state index in [0.717, 1.165) is 31.3 Å². The van der Waals surface area contributed by atoms with E-state index in [1.165, 1.54) is 31.5 Å². The lowest BCUT2D eigenvalue weighted by Crippen LogP contribution is -2.28. The van der Waals surface area contributed by atoms with Gasteiger partial charge in [0.25, 0.3) is 0 Å². The van der Waals surface area contributed by atoms with Crippen molar-refractivity contribution in [3.8, 4) is 0 Å². The molecule has 0 spiro atoms. The third-order valence-corrected chi connectivity index (χ3v) is 3.72. The molecule has 1 aliphatic rings. The zero-order valence-corrected chi connectivity index (χ0v) is 11.9. The lowest BCUT2D eigenvalue weighted by atomic mass is 10.0. The molecule has 0 fully saturated rings. The summed E-state index contributed by atoms with van der Waals surface area (Å²) in [7, 11) is 0. The largest absolute Gasteiger partial charge is 0.314 e. The Morgan fingerprint density at radius 1 is 1.17 bits per heavy atom. The fourth-order valence-electron chi connectivity index (χ4n) is 2.45. The number of aromatic nitrogens is 3. The number of hydrogen-bond acceptors (Lipinski definition) is 3. The van der Waals surface area contributed by atoms with Gasteiger partial charge in [0.1, 0.15) is 11.6 Å². The van der Waals surface area contributed by atoms with Crippen molar-refractivity contribution in [1.29, 1.82) is 0 Å². The monoisotopic (exact) mass is 250 g/mol. The van der Waals surface area contributed by atoms with Crippen LogP contribution in [0.3, 0.4) is 0 Å². The molecule has 0 radical (unpaired) electrons. The summed E-state index contributed by atoms with van der Waals surface area (Å²) in [6.45, 7) is 8.77. The fraction of sp³-hybridized carbons (Fsp3) is 0.857. The Kier molecular flexibility index (Phi) is 4.75. The van der Waals surface area contributed by atoms with Crippen molar-refractivity contribution in [1.82, 2.24) is 20.1 Å². The smallest absolute Gasteiger partial charge is 0.147 e. The van der Waals surface area contributed by atoms with Crippen molar-refractivity contribution in [2.75, 3.05) is 0 Å². The van der Waals surface area contributed by atoms with E-state index in [2.05, 4.69) is 40.9 Å². The Hall–Kier alpha value is -0.900. The van der Waals surface area contributed by atoms with Gasteiger partial charge >= 0.3 is 0 Å². The molecule has 0 saturated heterocycles. The highest BCUT2D eigenvalue weighted by molar-refractivity contribution is 4.98. The van der Waals surface area contributed by atoms with Crippen LogP contribution in [0, 0.1) is 5.92 Å². The maximum absolute atomic E-state index is 4.32. The molecule has 1 unspecified atom stereocenters. The van der Waals surface area contributed by atoms with Crippen LogP contribution in [0.25, 0.3) is 0 Å². The number of fused-ring (bicyclic) bond motifs is 1. The van der Waals surface area contributed by atoms with Crippen LogP contribution in [0.1, 0.15) is 58.1 Å². The molecule has 0 bridgehead atoms. The summed E-state index contributed by atoms with van der Waals surface area (Å²) < 4.78 is 2.30. The average Bonchev–Trinajstić information content (AvgIpc) is 2.77. The second kappa shape index (κ2) is 6.32. The third kappa shape index (κ3) is 3.55. The van der Waals surface area contributed by atoms with Crippen LogP contribution in [0.15, 0.2) is 0 Å². The van der Waals surface area contributed by atoms with Gasteiger partial charge in [-0.3, -0.25) is 0 Å². The zero-order valence-electron chi connectivity index (χ0n) is 11.9. The molecule has 1 aromatic rings. The summed E-state index contributed by atoms with van der Waals surface area (Å²) in [4.78, 5) is 0. The molecule has 0 saturated carbocycles. The number of aryl methyl sites for hydroxylation is 1. The molecule has 18 heavy (non-hydrogen) atoms. The Morgan fingerprint density at radius 2 is 2.00 bits per heavy atom. The van der Waals surface area contributed by atoms with Crippen LogP contribution in [0.5, 0.6) is 0 Å². The van der Waals surface area contributed by atoms with Crippen molar-refractivity contribution in [2.24, 2.45) is 5.92 Å². The van der Waals surface area contributed by atoms with E-state index < -0.39 is 0 Å². The van der Waals surface area contributed by atoms with Crippen LogP contribution in [0.2, 0.25) is 0 Å². The minimum Gasteiger partial charge on any atom is -0.314 e. The first-order valence-electron chi connectivity index (χ1n) is 7.31. The number of hydrogen-bond donors (Lipinski definition) is 1. The zero-order chi connectivity index (χ0) is 13.0. The number of rotatable bonds is 6. The van der Waals surface area contributed by atoms with Gasteiger partial charge in [0, 0.05) is 19.0 Å². The lowest BCUT2D eigenvalue weighted by Gasteiger charge is -2.17. The highest BCUT2D eigenvalue weighted by atomic mass is 15.3. The van der Waals surface area contributed by atoms with E-state index in [9.17, 15) is 0 Å². The minimum atomic E-state index is 0.559. The quantitative estimate of drug-likeness (QED) is 0.843. The Morgan fingerprint density at radius 3 is 2.78 bits per heavy atom. The van der Waals surface area contributed by atoms with Gasteiger partial charge in [0.2, 0.25) is 0 Å². The van der Waals surface area contributed by atoms with Crippen LogP contribution >= 0.6 is 0 Å². The van der Waals surface area contributed by atoms with Crippen molar-refractivity contribution >= 4 is 0 Å². The van der Waals surface area contributed by atoms with Crippen LogP contribution < -0.4 is 5.32 Å². The van der Waals surface area contributed by atoms with Crippen molar-refractivity contribution in [3.63, 3.8) is 0 Å². The van der Waals surface area contributed by atoms with Gasteiger partial charge in [-0.25, -0.2) is 0 Å². The first-order chi connectivity index (χ1) is 8.66.